The molecule has 6 nitrogen and oxygen atoms in total. The van der Waals surface area contributed by atoms with Crippen molar-refractivity contribution < 1.29 is 14.7 Å². The van der Waals surface area contributed by atoms with Gasteiger partial charge in [-0.05, 0) is 27.1 Å². The van der Waals surface area contributed by atoms with Gasteiger partial charge in [-0.2, -0.15) is 0 Å². The van der Waals surface area contributed by atoms with E-state index in [9.17, 15) is 9.59 Å². The lowest BCUT2D eigenvalue weighted by Gasteiger charge is -2.23. The molecular formula is C13H20ClN3O3. The third-order valence-electron chi connectivity index (χ3n) is 2.85. The summed E-state index contributed by atoms with van der Waals surface area (Å²) in [6, 6.07) is 1.57. The van der Waals surface area contributed by atoms with Crippen molar-refractivity contribution in [1.82, 2.24) is 14.4 Å². The number of halogens is 1. The van der Waals surface area contributed by atoms with Crippen LogP contribution in [0.3, 0.4) is 0 Å². The fourth-order valence-electron chi connectivity index (χ4n) is 1.81. The molecule has 0 saturated heterocycles. The van der Waals surface area contributed by atoms with E-state index in [1.807, 2.05) is 25.9 Å². The maximum atomic E-state index is 12.5. The van der Waals surface area contributed by atoms with Crippen LogP contribution in [0.5, 0.6) is 0 Å². The normalized spacial score (nSPS) is 10.8. The first kappa shape index (κ1) is 16.5. The highest BCUT2D eigenvalue weighted by Crippen LogP contribution is 2.16. The standard InChI is InChI=1S/C13H20ClN3O3/c1-4-16-8-10(14)7-11(16)13(20)17(9-12(18)19)6-5-15(2)3/h7-8H,4-6,9H2,1-3H3,(H,18,19). The molecule has 1 aromatic rings. The average molecular weight is 302 g/mol. The van der Waals surface area contributed by atoms with E-state index in [1.165, 1.54) is 4.90 Å². The van der Waals surface area contributed by atoms with Gasteiger partial charge in [-0.15, -0.1) is 0 Å². The van der Waals surface area contributed by atoms with Gasteiger partial charge in [-0.25, -0.2) is 0 Å². The average Bonchev–Trinajstić information content (AvgIpc) is 2.74. The van der Waals surface area contributed by atoms with E-state index < -0.39 is 5.97 Å². The van der Waals surface area contributed by atoms with Gasteiger partial charge < -0.3 is 19.5 Å². The fraction of sp³-hybridized carbons (Fsp3) is 0.538. The van der Waals surface area contributed by atoms with Gasteiger partial charge in [-0.1, -0.05) is 11.6 Å². The molecule has 1 rings (SSSR count). The van der Waals surface area contributed by atoms with Gasteiger partial charge in [0.25, 0.3) is 5.91 Å². The number of hydrogen-bond donors (Lipinski definition) is 1. The van der Waals surface area contributed by atoms with Gasteiger partial charge in [0.05, 0.1) is 5.02 Å². The van der Waals surface area contributed by atoms with Crippen LogP contribution in [-0.4, -0.2) is 65.1 Å². The number of carbonyl (C=O) groups excluding carboxylic acids is 1. The lowest BCUT2D eigenvalue weighted by molar-refractivity contribution is -0.137. The highest BCUT2D eigenvalue weighted by Gasteiger charge is 2.21. The van der Waals surface area contributed by atoms with Crippen molar-refractivity contribution in [2.45, 2.75) is 13.5 Å². The number of hydrogen-bond acceptors (Lipinski definition) is 3. The van der Waals surface area contributed by atoms with Gasteiger partial charge in [0.1, 0.15) is 12.2 Å². The van der Waals surface area contributed by atoms with Crippen LogP contribution in [0.1, 0.15) is 17.4 Å². The van der Waals surface area contributed by atoms with Crippen LogP contribution in [-0.2, 0) is 11.3 Å². The largest absolute Gasteiger partial charge is 0.480 e. The molecule has 0 saturated carbocycles. The Morgan fingerprint density at radius 3 is 2.50 bits per heavy atom. The molecule has 1 N–H and O–H groups in total. The van der Waals surface area contributed by atoms with Crippen molar-refractivity contribution in [3.63, 3.8) is 0 Å². The van der Waals surface area contributed by atoms with Crippen LogP contribution < -0.4 is 0 Å². The SMILES string of the molecule is CCn1cc(Cl)cc1C(=O)N(CCN(C)C)CC(=O)O. The number of carboxylic acids is 1. The van der Waals surface area contributed by atoms with Crippen LogP contribution in [0.25, 0.3) is 0 Å². The molecule has 0 atom stereocenters. The molecule has 0 aliphatic carbocycles. The Hall–Kier alpha value is -1.53. The molecule has 112 valence electrons. The summed E-state index contributed by atoms with van der Waals surface area (Å²) in [6.07, 6.45) is 1.67. The molecule has 0 radical (unpaired) electrons. The number of likely N-dealkylation sites (N-methyl/N-ethyl adjacent to an activating group) is 1. The van der Waals surface area contributed by atoms with Crippen molar-refractivity contribution in [3.8, 4) is 0 Å². The second kappa shape index (κ2) is 7.31. The van der Waals surface area contributed by atoms with Gasteiger partial charge in [0.2, 0.25) is 0 Å². The summed E-state index contributed by atoms with van der Waals surface area (Å²) in [5.41, 5.74) is 0.414. The van der Waals surface area contributed by atoms with E-state index in [0.29, 0.717) is 30.4 Å². The molecule has 0 aliphatic rings. The summed E-state index contributed by atoms with van der Waals surface area (Å²) in [4.78, 5) is 26.6. The Bertz CT molecular complexity index is 485. The first-order chi connectivity index (χ1) is 9.35. The highest BCUT2D eigenvalue weighted by molar-refractivity contribution is 6.31. The Kier molecular flexibility index (Phi) is 6.04. The van der Waals surface area contributed by atoms with Gasteiger partial charge in [0.15, 0.2) is 0 Å². The molecule has 0 fully saturated rings. The Balaban J connectivity index is 2.93. The van der Waals surface area contributed by atoms with Crippen LogP contribution >= 0.6 is 11.6 Å². The van der Waals surface area contributed by atoms with Crippen molar-refractivity contribution in [2.75, 3.05) is 33.7 Å². The quantitative estimate of drug-likeness (QED) is 0.823. The number of rotatable bonds is 7. The number of carbonyl (C=O) groups is 2. The fourth-order valence-corrected chi connectivity index (χ4v) is 2.03. The molecule has 7 heteroatoms. The summed E-state index contributed by atoms with van der Waals surface area (Å²) in [7, 11) is 3.74. The maximum Gasteiger partial charge on any atom is 0.323 e. The zero-order chi connectivity index (χ0) is 15.3. The number of aryl methyl sites for hydroxylation is 1. The van der Waals surface area contributed by atoms with Crippen molar-refractivity contribution in [1.29, 1.82) is 0 Å². The van der Waals surface area contributed by atoms with Crippen LogP contribution in [0.4, 0.5) is 0 Å². The molecule has 0 unspecified atom stereocenters. The molecule has 1 aromatic heterocycles. The van der Waals surface area contributed by atoms with Crippen molar-refractivity contribution in [2.24, 2.45) is 0 Å². The minimum atomic E-state index is -1.03. The molecule has 1 amide bonds. The summed E-state index contributed by atoms with van der Waals surface area (Å²) in [5, 5.41) is 9.41. The zero-order valence-corrected chi connectivity index (χ0v) is 12.7. The van der Waals surface area contributed by atoms with Crippen molar-refractivity contribution >= 4 is 23.5 Å². The topological polar surface area (TPSA) is 65.8 Å². The van der Waals surface area contributed by atoms with E-state index in [2.05, 4.69) is 0 Å². The monoisotopic (exact) mass is 301 g/mol. The smallest absolute Gasteiger partial charge is 0.323 e. The molecule has 0 aromatic carbocycles. The molecule has 20 heavy (non-hydrogen) atoms. The Morgan fingerprint density at radius 2 is 2.00 bits per heavy atom. The summed E-state index contributed by atoms with van der Waals surface area (Å²) in [6.45, 7) is 3.13. The third kappa shape index (κ3) is 4.54. The molecule has 0 spiro atoms. The van der Waals surface area contributed by atoms with E-state index >= 15 is 0 Å². The van der Waals surface area contributed by atoms with Gasteiger partial charge in [-0.3, -0.25) is 9.59 Å². The van der Waals surface area contributed by atoms with Gasteiger partial charge >= 0.3 is 5.97 Å². The first-order valence-electron chi connectivity index (χ1n) is 6.36. The zero-order valence-electron chi connectivity index (χ0n) is 12.0. The predicted molar refractivity (Wildman–Crippen MR) is 77.2 cm³/mol. The predicted octanol–water partition coefficient (Wildman–Crippen LogP) is 1.25. The molecule has 0 aliphatic heterocycles. The molecular weight excluding hydrogens is 282 g/mol. The van der Waals surface area contributed by atoms with Crippen LogP contribution in [0.15, 0.2) is 12.3 Å². The molecule has 1 heterocycles. The van der Waals surface area contributed by atoms with Gasteiger partial charge in [0, 0.05) is 25.8 Å². The first-order valence-corrected chi connectivity index (χ1v) is 6.74. The lowest BCUT2D eigenvalue weighted by Crippen LogP contribution is -2.40. The summed E-state index contributed by atoms with van der Waals surface area (Å²) in [5.74, 6) is -1.35. The number of aliphatic carboxylic acids is 1. The van der Waals surface area contributed by atoms with E-state index in [4.69, 9.17) is 16.7 Å². The Morgan fingerprint density at radius 1 is 1.35 bits per heavy atom. The highest BCUT2D eigenvalue weighted by atomic mass is 35.5. The van der Waals surface area contributed by atoms with Crippen LogP contribution in [0.2, 0.25) is 5.02 Å². The number of amides is 1. The molecule has 0 bridgehead atoms. The lowest BCUT2D eigenvalue weighted by atomic mass is 10.3. The second-order valence-corrected chi connectivity index (χ2v) is 5.19. The minimum Gasteiger partial charge on any atom is -0.480 e. The second-order valence-electron chi connectivity index (χ2n) is 4.75. The maximum absolute atomic E-state index is 12.5. The number of carboxylic acid groups (broad SMARTS) is 1. The summed E-state index contributed by atoms with van der Waals surface area (Å²) < 4.78 is 1.72. The van der Waals surface area contributed by atoms with E-state index in [0.717, 1.165) is 0 Å². The van der Waals surface area contributed by atoms with Crippen LogP contribution in [0, 0.1) is 0 Å². The number of nitrogens with zero attached hydrogens (tertiary/aromatic N) is 3. The van der Waals surface area contributed by atoms with E-state index in [1.54, 1.807) is 16.8 Å². The summed E-state index contributed by atoms with van der Waals surface area (Å²) >= 11 is 5.91. The number of aromatic nitrogens is 1. The Labute approximate surface area is 123 Å². The van der Waals surface area contributed by atoms with Crippen molar-refractivity contribution in [3.05, 3.63) is 23.0 Å². The minimum absolute atomic E-state index is 0.317. The third-order valence-corrected chi connectivity index (χ3v) is 3.06. The van der Waals surface area contributed by atoms with E-state index in [-0.39, 0.29) is 12.5 Å².